The summed E-state index contributed by atoms with van der Waals surface area (Å²) in [5.74, 6) is -1.04. The molecule has 9 nitrogen and oxygen atoms in total. The number of hydrogen-bond donors (Lipinski definition) is 1. The molecular formula is C24H22N2O7. The van der Waals surface area contributed by atoms with Gasteiger partial charge in [0, 0.05) is 29.1 Å². The Balaban J connectivity index is 1.52. The summed E-state index contributed by atoms with van der Waals surface area (Å²) in [6.45, 7) is 1.53. The maximum absolute atomic E-state index is 12.6. The molecule has 2 aromatic carbocycles. The lowest BCUT2D eigenvalue weighted by molar-refractivity contribution is -0.385. The highest BCUT2D eigenvalue weighted by atomic mass is 16.6. The molecule has 9 heteroatoms. The average Bonchev–Trinajstić information content (AvgIpc) is 2.78. The smallest absolute Gasteiger partial charge is 0.349 e. The van der Waals surface area contributed by atoms with Gasteiger partial charge in [-0.2, -0.15) is 0 Å². The lowest BCUT2D eigenvalue weighted by atomic mass is 9.95. The van der Waals surface area contributed by atoms with E-state index in [1.54, 1.807) is 6.07 Å². The average molecular weight is 450 g/mol. The number of carbonyl (C=O) groups is 2. The van der Waals surface area contributed by atoms with Gasteiger partial charge in [0.1, 0.15) is 16.9 Å². The molecular weight excluding hydrogens is 428 g/mol. The fourth-order valence-corrected chi connectivity index (χ4v) is 3.98. The number of nitrogens with one attached hydrogen (secondary N) is 1. The number of nitrogens with zero attached hydrogens (tertiary/aromatic N) is 1. The molecule has 0 unspecified atom stereocenters. The lowest BCUT2D eigenvalue weighted by Gasteiger charge is -2.22. The normalized spacial score (nSPS) is 14.1. The number of fused-ring (bicyclic) bond motifs is 1. The molecule has 0 spiro atoms. The van der Waals surface area contributed by atoms with Crippen molar-refractivity contribution in [2.75, 3.05) is 0 Å². The summed E-state index contributed by atoms with van der Waals surface area (Å²) in [7, 11) is 0. The summed E-state index contributed by atoms with van der Waals surface area (Å²) < 4.78 is 10.6. The highest BCUT2D eigenvalue weighted by Gasteiger charge is 2.20. The van der Waals surface area contributed by atoms with Crippen LogP contribution in [0.3, 0.4) is 0 Å². The molecule has 1 aliphatic rings. The summed E-state index contributed by atoms with van der Waals surface area (Å²) in [5, 5.41) is 14.4. The molecule has 1 N–H and O–H groups in total. The first-order chi connectivity index (χ1) is 15.8. The largest absolute Gasteiger partial charge is 0.423 e. The zero-order chi connectivity index (χ0) is 23.5. The van der Waals surface area contributed by atoms with E-state index in [4.69, 9.17) is 9.15 Å². The first-order valence-corrected chi connectivity index (χ1v) is 10.7. The predicted molar refractivity (Wildman–Crippen MR) is 120 cm³/mol. The quantitative estimate of drug-likeness (QED) is 0.202. The number of nitro groups is 1. The van der Waals surface area contributed by atoms with Crippen LogP contribution in [0.15, 0.2) is 51.7 Å². The topological polar surface area (TPSA) is 129 Å². The van der Waals surface area contributed by atoms with Crippen molar-refractivity contribution in [2.45, 2.75) is 45.1 Å². The lowest BCUT2D eigenvalue weighted by Crippen LogP contribution is -2.38. The predicted octanol–water partition coefficient (Wildman–Crippen LogP) is 4.29. The molecule has 0 radical (unpaired) electrons. The molecule has 33 heavy (non-hydrogen) atoms. The minimum atomic E-state index is -0.773. The van der Waals surface area contributed by atoms with Gasteiger partial charge in [0.15, 0.2) is 0 Å². The fourth-order valence-electron chi connectivity index (χ4n) is 3.98. The first kappa shape index (κ1) is 22.2. The van der Waals surface area contributed by atoms with E-state index < -0.39 is 22.4 Å². The van der Waals surface area contributed by atoms with Crippen LogP contribution in [0.25, 0.3) is 11.0 Å². The standard InChI is InChI=1S/C24H22N2O7/c1-14-11-16(8-10-20(14)26(30)31)23(28)32-18-9-7-15-12-19(24(29)33-21(15)13-18)22(27)25-17-5-3-2-4-6-17/h7-13,17H,2-6H2,1H3,(H,25,27). The maximum atomic E-state index is 12.6. The van der Waals surface area contributed by atoms with Crippen molar-refractivity contribution in [1.29, 1.82) is 0 Å². The number of hydrogen-bond acceptors (Lipinski definition) is 7. The van der Waals surface area contributed by atoms with Crippen molar-refractivity contribution >= 4 is 28.5 Å². The third-order valence-corrected chi connectivity index (χ3v) is 5.73. The molecule has 170 valence electrons. The molecule has 0 aliphatic heterocycles. The van der Waals surface area contributed by atoms with Crippen molar-refractivity contribution in [1.82, 2.24) is 5.32 Å². The molecule has 3 aromatic rings. The fraction of sp³-hybridized carbons (Fsp3) is 0.292. The van der Waals surface area contributed by atoms with E-state index in [0.717, 1.165) is 32.1 Å². The van der Waals surface area contributed by atoms with Crippen LogP contribution in [-0.2, 0) is 0 Å². The highest BCUT2D eigenvalue weighted by molar-refractivity contribution is 5.97. The Morgan fingerprint density at radius 2 is 1.85 bits per heavy atom. The number of benzene rings is 2. The van der Waals surface area contributed by atoms with Gasteiger partial charge in [-0.05, 0) is 50.1 Å². The number of esters is 1. The molecule has 0 bridgehead atoms. The van der Waals surface area contributed by atoms with Gasteiger partial charge in [-0.15, -0.1) is 0 Å². The van der Waals surface area contributed by atoms with Gasteiger partial charge in [-0.3, -0.25) is 14.9 Å². The van der Waals surface area contributed by atoms with E-state index in [1.807, 2.05) is 0 Å². The van der Waals surface area contributed by atoms with E-state index in [9.17, 15) is 24.5 Å². The Kier molecular flexibility index (Phi) is 6.21. The Bertz CT molecular complexity index is 1310. The van der Waals surface area contributed by atoms with Gasteiger partial charge in [0.05, 0.1) is 10.5 Å². The molecule has 1 aliphatic carbocycles. The summed E-state index contributed by atoms with van der Waals surface area (Å²) in [5.41, 5.74) is -0.293. The second kappa shape index (κ2) is 9.23. The summed E-state index contributed by atoms with van der Waals surface area (Å²) >= 11 is 0. The van der Waals surface area contributed by atoms with Gasteiger partial charge in [0.25, 0.3) is 11.6 Å². The van der Waals surface area contributed by atoms with Crippen LogP contribution in [0.2, 0.25) is 0 Å². The molecule has 1 fully saturated rings. The molecule has 0 atom stereocenters. The Morgan fingerprint density at radius 1 is 1.09 bits per heavy atom. The van der Waals surface area contributed by atoms with Crippen molar-refractivity contribution in [3.05, 3.63) is 79.7 Å². The SMILES string of the molecule is Cc1cc(C(=O)Oc2ccc3cc(C(=O)NC4CCCCC4)c(=O)oc3c2)ccc1[N+](=O)[O-]. The van der Waals surface area contributed by atoms with Crippen molar-refractivity contribution in [2.24, 2.45) is 0 Å². The van der Waals surface area contributed by atoms with E-state index in [-0.39, 0.29) is 34.2 Å². The second-order valence-corrected chi connectivity index (χ2v) is 8.10. The number of ether oxygens (including phenoxy) is 1. The second-order valence-electron chi connectivity index (χ2n) is 8.10. The zero-order valence-electron chi connectivity index (χ0n) is 18.0. The van der Waals surface area contributed by atoms with Gasteiger partial charge in [-0.25, -0.2) is 9.59 Å². The van der Waals surface area contributed by atoms with E-state index in [2.05, 4.69) is 5.32 Å². The number of aryl methyl sites for hydroxylation is 1. The Hall–Kier alpha value is -4.01. The molecule has 1 heterocycles. The van der Waals surface area contributed by atoms with Crippen molar-refractivity contribution in [3.63, 3.8) is 0 Å². The molecule has 4 rings (SSSR count). The van der Waals surface area contributed by atoms with Gasteiger partial charge in [0.2, 0.25) is 0 Å². The summed E-state index contributed by atoms with van der Waals surface area (Å²) in [6, 6.07) is 9.93. The number of nitro benzene ring substituents is 1. The molecule has 1 amide bonds. The van der Waals surface area contributed by atoms with E-state index >= 15 is 0 Å². The van der Waals surface area contributed by atoms with Crippen LogP contribution in [0, 0.1) is 17.0 Å². The van der Waals surface area contributed by atoms with Crippen LogP contribution in [0.4, 0.5) is 5.69 Å². The third kappa shape index (κ3) is 4.92. The zero-order valence-corrected chi connectivity index (χ0v) is 18.0. The summed E-state index contributed by atoms with van der Waals surface area (Å²) in [4.78, 5) is 47.8. The van der Waals surface area contributed by atoms with Crippen LogP contribution in [0.1, 0.15) is 58.4 Å². The Morgan fingerprint density at radius 3 is 2.55 bits per heavy atom. The van der Waals surface area contributed by atoms with Crippen LogP contribution >= 0.6 is 0 Å². The third-order valence-electron chi connectivity index (χ3n) is 5.73. The number of carbonyl (C=O) groups excluding carboxylic acids is 2. The molecule has 0 saturated heterocycles. The van der Waals surface area contributed by atoms with Crippen LogP contribution < -0.4 is 15.7 Å². The molecule has 1 saturated carbocycles. The Labute approximate surface area is 188 Å². The van der Waals surface area contributed by atoms with E-state index in [0.29, 0.717) is 10.9 Å². The van der Waals surface area contributed by atoms with Crippen LogP contribution in [-0.4, -0.2) is 22.8 Å². The maximum Gasteiger partial charge on any atom is 0.349 e. The summed E-state index contributed by atoms with van der Waals surface area (Å²) in [6.07, 6.45) is 5.05. The van der Waals surface area contributed by atoms with Gasteiger partial charge in [-0.1, -0.05) is 19.3 Å². The van der Waals surface area contributed by atoms with Crippen molar-refractivity contribution in [3.8, 4) is 5.75 Å². The molecule has 1 aromatic heterocycles. The van der Waals surface area contributed by atoms with Gasteiger partial charge >= 0.3 is 11.6 Å². The van der Waals surface area contributed by atoms with Crippen molar-refractivity contribution < 1.29 is 23.7 Å². The monoisotopic (exact) mass is 450 g/mol. The number of amides is 1. The minimum Gasteiger partial charge on any atom is -0.423 e. The van der Waals surface area contributed by atoms with Gasteiger partial charge < -0.3 is 14.5 Å². The highest BCUT2D eigenvalue weighted by Crippen LogP contribution is 2.24. The minimum absolute atomic E-state index is 0.0613. The van der Waals surface area contributed by atoms with Crippen LogP contribution in [0.5, 0.6) is 5.75 Å². The first-order valence-electron chi connectivity index (χ1n) is 10.7. The van der Waals surface area contributed by atoms with E-state index in [1.165, 1.54) is 43.3 Å². The number of rotatable bonds is 5.